The number of aromatic hydroxyl groups is 1. The Kier molecular flexibility index (Phi) is 5.12. The molecule has 0 bridgehead atoms. The summed E-state index contributed by atoms with van der Waals surface area (Å²) < 4.78 is 5.15. The SMILES string of the molecule is COc1ccc(-c2cnc(NC(=O)Cc3ccc(O)cc3)c(C)n2)cc1. The predicted octanol–water partition coefficient (Wildman–Crippen LogP) is 3.35. The van der Waals surface area contributed by atoms with Crippen molar-refractivity contribution in [3.05, 3.63) is 66.0 Å². The zero-order valence-electron chi connectivity index (χ0n) is 14.6. The van der Waals surface area contributed by atoms with Crippen LogP contribution in [0.3, 0.4) is 0 Å². The number of phenols is 1. The molecule has 3 rings (SSSR count). The van der Waals surface area contributed by atoms with E-state index < -0.39 is 0 Å². The highest BCUT2D eigenvalue weighted by Gasteiger charge is 2.10. The highest BCUT2D eigenvalue weighted by atomic mass is 16.5. The van der Waals surface area contributed by atoms with E-state index in [1.165, 1.54) is 0 Å². The fraction of sp³-hybridized carbons (Fsp3) is 0.150. The van der Waals surface area contributed by atoms with Crippen molar-refractivity contribution in [1.82, 2.24) is 9.97 Å². The molecule has 0 radical (unpaired) electrons. The lowest BCUT2D eigenvalue weighted by Crippen LogP contribution is -2.16. The maximum absolute atomic E-state index is 12.2. The summed E-state index contributed by atoms with van der Waals surface area (Å²) in [5.41, 5.74) is 3.09. The van der Waals surface area contributed by atoms with Crippen LogP contribution in [0.4, 0.5) is 5.82 Å². The van der Waals surface area contributed by atoms with Gasteiger partial charge in [0.2, 0.25) is 5.91 Å². The van der Waals surface area contributed by atoms with Gasteiger partial charge in [0.1, 0.15) is 11.5 Å². The van der Waals surface area contributed by atoms with E-state index in [0.29, 0.717) is 11.5 Å². The minimum absolute atomic E-state index is 0.171. The summed E-state index contributed by atoms with van der Waals surface area (Å²) in [6, 6.07) is 14.1. The number of hydrogen-bond donors (Lipinski definition) is 2. The third-order valence-electron chi connectivity index (χ3n) is 3.89. The Morgan fingerprint density at radius 1 is 1.12 bits per heavy atom. The number of methoxy groups -OCH3 is 1. The number of carbonyl (C=O) groups excluding carboxylic acids is 1. The highest BCUT2D eigenvalue weighted by Crippen LogP contribution is 2.22. The monoisotopic (exact) mass is 349 g/mol. The molecule has 0 spiro atoms. The van der Waals surface area contributed by atoms with Crippen LogP contribution in [-0.2, 0) is 11.2 Å². The number of aryl methyl sites for hydroxylation is 1. The second kappa shape index (κ2) is 7.65. The average molecular weight is 349 g/mol. The molecule has 0 unspecified atom stereocenters. The van der Waals surface area contributed by atoms with Crippen LogP contribution in [0.5, 0.6) is 11.5 Å². The molecule has 0 fully saturated rings. The van der Waals surface area contributed by atoms with Crippen molar-refractivity contribution in [2.75, 3.05) is 12.4 Å². The van der Waals surface area contributed by atoms with E-state index in [0.717, 1.165) is 22.6 Å². The van der Waals surface area contributed by atoms with Crippen LogP contribution in [-0.4, -0.2) is 28.1 Å². The van der Waals surface area contributed by atoms with Gasteiger partial charge < -0.3 is 15.2 Å². The van der Waals surface area contributed by atoms with Gasteiger partial charge in [-0.15, -0.1) is 0 Å². The van der Waals surface area contributed by atoms with Gasteiger partial charge in [-0.25, -0.2) is 9.97 Å². The largest absolute Gasteiger partial charge is 0.508 e. The summed E-state index contributed by atoms with van der Waals surface area (Å²) in [6.07, 6.45) is 1.83. The number of ether oxygens (including phenoxy) is 1. The number of carbonyl (C=O) groups is 1. The number of hydrogen-bond acceptors (Lipinski definition) is 5. The van der Waals surface area contributed by atoms with E-state index in [2.05, 4.69) is 15.3 Å². The van der Waals surface area contributed by atoms with Crippen molar-refractivity contribution in [2.45, 2.75) is 13.3 Å². The van der Waals surface area contributed by atoms with Crippen molar-refractivity contribution in [3.8, 4) is 22.8 Å². The molecular weight excluding hydrogens is 330 g/mol. The molecule has 0 aliphatic carbocycles. The summed E-state index contributed by atoms with van der Waals surface area (Å²) in [6.45, 7) is 1.80. The first-order valence-electron chi connectivity index (χ1n) is 8.11. The number of aromatic nitrogens is 2. The third kappa shape index (κ3) is 4.16. The van der Waals surface area contributed by atoms with Crippen LogP contribution >= 0.6 is 0 Å². The Morgan fingerprint density at radius 3 is 2.42 bits per heavy atom. The molecule has 3 aromatic rings. The van der Waals surface area contributed by atoms with Gasteiger partial charge in [-0.3, -0.25) is 4.79 Å². The third-order valence-corrected chi connectivity index (χ3v) is 3.89. The average Bonchev–Trinajstić information content (AvgIpc) is 2.65. The minimum atomic E-state index is -0.190. The van der Waals surface area contributed by atoms with Gasteiger partial charge in [-0.1, -0.05) is 12.1 Å². The fourth-order valence-corrected chi connectivity index (χ4v) is 2.48. The Balaban J connectivity index is 1.70. The van der Waals surface area contributed by atoms with Crippen molar-refractivity contribution in [1.29, 1.82) is 0 Å². The standard InChI is InChI=1S/C20H19N3O3/c1-13-20(23-19(25)11-14-3-7-16(24)8-4-14)21-12-18(22-13)15-5-9-17(26-2)10-6-15/h3-10,12,24H,11H2,1-2H3,(H,21,23,25). The maximum atomic E-state index is 12.2. The quantitative estimate of drug-likeness (QED) is 0.738. The molecule has 6 heteroatoms. The normalized spacial score (nSPS) is 10.4. The molecule has 2 N–H and O–H groups in total. The lowest BCUT2D eigenvalue weighted by atomic mass is 10.1. The van der Waals surface area contributed by atoms with Crippen LogP contribution in [0.1, 0.15) is 11.3 Å². The van der Waals surface area contributed by atoms with Crippen molar-refractivity contribution >= 4 is 11.7 Å². The summed E-state index contributed by atoms with van der Waals surface area (Å²) in [5.74, 6) is 1.19. The van der Waals surface area contributed by atoms with E-state index in [4.69, 9.17) is 4.74 Å². The predicted molar refractivity (Wildman–Crippen MR) is 99.2 cm³/mol. The number of amides is 1. The number of benzene rings is 2. The summed E-state index contributed by atoms with van der Waals surface area (Å²) in [4.78, 5) is 21.0. The van der Waals surface area contributed by atoms with E-state index in [1.807, 2.05) is 24.3 Å². The molecular formula is C20H19N3O3. The first-order chi connectivity index (χ1) is 12.5. The van der Waals surface area contributed by atoms with Gasteiger partial charge in [0.15, 0.2) is 5.82 Å². The lowest BCUT2D eigenvalue weighted by molar-refractivity contribution is -0.115. The molecule has 1 heterocycles. The van der Waals surface area contributed by atoms with Crippen molar-refractivity contribution in [2.24, 2.45) is 0 Å². The van der Waals surface area contributed by atoms with Gasteiger partial charge in [0.05, 0.1) is 31.1 Å². The first-order valence-corrected chi connectivity index (χ1v) is 8.11. The smallest absolute Gasteiger partial charge is 0.229 e. The summed E-state index contributed by atoms with van der Waals surface area (Å²) in [5, 5.41) is 12.1. The van der Waals surface area contributed by atoms with Crippen LogP contribution in [0, 0.1) is 6.92 Å². The molecule has 0 aliphatic heterocycles. The van der Waals surface area contributed by atoms with Crippen LogP contribution < -0.4 is 10.1 Å². The molecule has 0 saturated heterocycles. The summed E-state index contributed by atoms with van der Waals surface area (Å²) in [7, 11) is 1.62. The van der Waals surface area contributed by atoms with Gasteiger partial charge in [-0.05, 0) is 48.9 Å². The van der Waals surface area contributed by atoms with Crippen molar-refractivity contribution in [3.63, 3.8) is 0 Å². The zero-order chi connectivity index (χ0) is 18.5. The zero-order valence-corrected chi connectivity index (χ0v) is 14.6. The molecule has 1 aromatic heterocycles. The van der Waals surface area contributed by atoms with E-state index in [9.17, 15) is 9.90 Å². The minimum Gasteiger partial charge on any atom is -0.508 e. The Bertz CT molecular complexity index is 907. The van der Waals surface area contributed by atoms with Crippen LogP contribution in [0.15, 0.2) is 54.7 Å². The van der Waals surface area contributed by atoms with Gasteiger partial charge in [0.25, 0.3) is 0 Å². The van der Waals surface area contributed by atoms with Crippen LogP contribution in [0.2, 0.25) is 0 Å². The molecule has 1 amide bonds. The van der Waals surface area contributed by atoms with Crippen LogP contribution in [0.25, 0.3) is 11.3 Å². The molecule has 26 heavy (non-hydrogen) atoms. The van der Waals surface area contributed by atoms with Gasteiger partial charge in [-0.2, -0.15) is 0 Å². The topological polar surface area (TPSA) is 84.3 Å². The van der Waals surface area contributed by atoms with Gasteiger partial charge in [0, 0.05) is 5.56 Å². The number of nitrogens with one attached hydrogen (secondary N) is 1. The molecule has 6 nitrogen and oxygen atoms in total. The second-order valence-corrected chi connectivity index (χ2v) is 5.81. The molecule has 0 saturated carbocycles. The molecule has 132 valence electrons. The number of nitrogens with zero attached hydrogens (tertiary/aromatic N) is 2. The van der Waals surface area contributed by atoms with E-state index >= 15 is 0 Å². The highest BCUT2D eigenvalue weighted by molar-refractivity contribution is 5.91. The second-order valence-electron chi connectivity index (χ2n) is 5.81. The Labute approximate surface area is 151 Å². The van der Waals surface area contributed by atoms with Crippen molar-refractivity contribution < 1.29 is 14.6 Å². The maximum Gasteiger partial charge on any atom is 0.229 e. The molecule has 0 aliphatic rings. The summed E-state index contributed by atoms with van der Waals surface area (Å²) >= 11 is 0. The van der Waals surface area contributed by atoms with E-state index in [1.54, 1.807) is 44.5 Å². The number of anilines is 1. The Morgan fingerprint density at radius 2 is 1.81 bits per heavy atom. The van der Waals surface area contributed by atoms with Gasteiger partial charge >= 0.3 is 0 Å². The fourth-order valence-electron chi connectivity index (χ4n) is 2.48. The molecule has 0 atom stereocenters. The number of rotatable bonds is 5. The molecule has 2 aromatic carbocycles. The lowest BCUT2D eigenvalue weighted by Gasteiger charge is -2.09. The van der Waals surface area contributed by atoms with E-state index in [-0.39, 0.29) is 18.1 Å². The first kappa shape index (κ1) is 17.4. The number of phenolic OH excluding ortho intramolecular Hbond substituents is 1. The Hall–Kier alpha value is -3.41.